The van der Waals surface area contributed by atoms with Gasteiger partial charge in [0, 0.05) is 11.1 Å². The van der Waals surface area contributed by atoms with Crippen molar-refractivity contribution in [2.75, 3.05) is 0 Å². The van der Waals surface area contributed by atoms with Crippen LogP contribution < -0.4 is 0 Å². The topological polar surface area (TPSA) is 17.1 Å². The first-order valence-corrected chi connectivity index (χ1v) is 6.00. The average Bonchev–Trinajstić information content (AvgIpc) is 2.35. The van der Waals surface area contributed by atoms with Crippen molar-refractivity contribution in [3.8, 4) is 0 Å². The van der Waals surface area contributed by atoms with Crippen LogP contribution in [0.3, 0.4) is 0 Å². The third kappa shape index (κ3) is 2.55. The third-order valence-corrected chi connectivity index (χ3v) is 3.37. The summed E-state index contributed by atoms with van der Waals surface area (Å²) in [4.78, 5) is 12.2. The van der Waals surface area contributed by atoms with Crippen molar-refractivity contribution < 1.29 is 9.18 Å². The summed E-state index contributed by atoms with van der Waals surface area (Å²) in [6, 6.07) is 8.71. The number of rotatable bonds is 2. The minimum absolute atomic E-state index is 0.273. The van der Waals surface area contributed by atoms with Crippen LogP contribution in [0.5, 0.6) is 0 Å². The van der Waals surface area contributed by atoms with E-state index in [9.17, 15) is 9.18 Å². The minimum Gasteiger partial charge on any atom is -0.289 e. The maximum absolute atomic E-state index is 13.2. The highest BCUT2D eigenvalue weighted by Gasteiger charge is 2.13. The van der Waals surface area contributed by atoms with Gasteiger partial charge in [-0.2, -0.15) is 0 Å². The second-order valence-electron chi connectivity index (χ2n) is 3.92. The van der Waals surface area contributed by atoms with Gasteiger partial charge in [0.15, 0.2) is 5.78 Å². The Morgan fingerprint density at radius 3 is 2.44 bits per heavy atom. The van der Waals surface area contributed by atoms with Crippen LogP contribution in [0.1, 0.15) is 21.5 Å². The Morgan fingerprint density at radius 2 is 1.78 bits per heavy atom. The Kier molecular flexibility index (Phi) is 3.69. The van der Waals surface area contributed by atoms with Gasteiger partial charge in [-0.1, -0.05) is 29.3 Å². The van der Waals surface area contributed by atoms with E-state index in [2.05, 4.69) is 0 Å². The number of hydrogen-bond acceptors (Lipinski definition) is 1. The number of hydrogen-bond donors (Lipinski definition) is 0. The molecule has 0 bridgehead atoms. The summed E-state index contributed by atoms with van der Waals surface area (Å²) in [7, 11) is 0. The number of ketones is 1. The van der Waals surface area contributed by atoms with Crippen molar-refractivity contribution in [3.05, 3.63) is 69.0 Å². The summed E-state index contributed by atoms with van der Waals surface area (Å²) >= 11 is 11.6. The minimum atomic E-state index is -0.441. The number of carbonyl (C=O) groups is 1. The van der Waals surface area contributed by atoms with Crippen LogP contribution >= 0.6 is 23.2 Å². The van der Waals surface area contributed by atoms with Gasteiger partial charge in [0.1, 0.15) is 5.82 Å². The van der Waals surface area contributed by atoms with Crippen LogP contribution in [0.25, 0.3) is 0 Å². The molecular weight excluding hydrogens is 274 g/mol. The highest BCUT2D eigenvalue weighted by molar-refractivity contribution is 6.42. The molecule has 0 unspecified atom stereocenters. The molecular formula is C14H9Cl2FO. The molecule has 0 heterocycles. The molecule has 1 nitrogen and oxygen atoms in total. The maximum atomic E-state index is 13.2. The van der Waals surface area contributed by atoms with Gasteiger partial charge in [0.25, 0.3) is 0 Å². The summed E-state index contributed by atoms with van der Waals surface area (Å²) in [6.45, 7) is 1.75. The molecule has 0 aromatic heterocycles. The lowest BCUT2D eigenvalue weighted by Crippen LogP contribution is -2.04. The molecule has 18 heavy (non-hydrogen) atoms. The molecule has 0 fully saturated rings. The SMILES string of the molecule is Cc1ccc(F)cc1C(=O)c1ccc(Cl)c(Cl)c1. The lowest BCUT2D eigenvalue weighted by atomic mass is 9.99. The fraction of sp³-hybridized carbons (Fsp3) is 0.0714. The van der Waals surface area contributed by atoms with Crippen molar-refractivity contribution in [2.24, 2.45) is 0 Å². The first-order chi connectivity index (χ1) is 8.49. The second-order valence-corrected chi connectivity index (χ2v) is 4.73. The molecule has 2 rings (SSSR count). The molecule has 0 saturated carbocycles. The average molecular weight is 283 g/mol. The van der Waals surface area contributed by atoms with Crippen LogP contribution in [-0.2, 0) is 0 Å². The van der Waals surface area contributed by atoms with E-state index in [1.54, 1.807) is 25.1 Å². The molecule has 4 heteroatoms. The molecule has 0 aliphatic rings. The van der Waals surface area contributed by atoms with E-state index in [4.69, 9.17) is 23.2 Å². The maximum Gasteiger partial charge on any atom is 0.193 e. The second kappa shape index (κ2) is 5.09. The summed E-state index contributed by atoms with van der Waals surface area (Å²) in [5.74, 6) is -0.713. The Bertz CT molecular complexity index is 623. The number of benzene rings is 2. The fourth-order valence-corrected chi connectivity index (χ4v) is 1.93. The lowest BCUT2D eigenvalue weighted by Gasteiger charge is -2.06. The first kappa shape index (κ1) is 13.1. The molecule has 0 atom stereocenters. The van der Waals surface area contributed by atoms with Gasteiger partial charge in [0.05, 0.1) is 10.0 Å². The standard InChI is InChI=1S/C14H9Cl2FO/c1-8-2-4-10(17)7-11(8)14(18)9-3-5-12(15)13(16)6-9/h2-7H,1H3. The Morgan fingerprint density at radius 1 is 1.06 bits per heavy atom. The molecule has 0 radical (unpaired) electrons. The normalized spacial score (nSPS) is 10.4. The van der Waals surface area contributed by atoms with Gasteiger partial charge in [0.2, 0.25) is 0 Å². The largest absolute Gasteiger partial charge is 0.289 e. The van der Waals surface area contributed by atoms with Gasteiger partial charge in [-0.15, -0.1) is 0 Å². The summed E-state index contributed by atoms with van der Waals surface area (Å²) in [5, 5.41) is 0.681. The molecule has 0 amide bonds. The molecule has 0 N–H and O–H groups in total. The van der Waals surface area contributed by atoms with E-state index in [0.717, 1.165) is 0 Å². The van der Waals surface area contributed by atoms with Crippen LogP contribution in [0.15, 0.2) is 36.4 Å². The van der Waals surface area contributed by atoms with Gasteiger partial charge in [-0.3, -0.25) is 4.79 Å². The van der Waals surface area contributed by atoms with Crippen molar-refractivity contribution in [1.82, 2.24) is 0 Å². The zero-order valence-corrected chi connectivity index (χ0v) is 11.0. The molecule has 92 valence electrons. The van der Waals surface area contributed by atoms with Crippen LogP contribution in [0, 0.1) is 12.7 Å². The number of aryl methyl sites for hydroxylation is 1. The fourth-order valence-electron chi connectivity index (χ4n) is 1.63. The van der Waals surface area contributed by atoms with Crippen LogP contribution in [0.4, 0.5) is 4.39 Å². The van der Waals surface area contributed by atoms with Crippen molar-refractivity contribution >= 4 is 29.0 Å². The van der Waals surface area contributed by atoms with Gasteiger partial charge >= 0.3 is 0 Å². The molecule has 0 aliphatic heterocycles. The lowest BCUT2D eigenvalue weighted by molar-refractivity contribution is 0.103. The molecule has 2 aromatic carbocycles. The monoisotopic (exact) mass is 282 g/mol. The van der Waals surface area contributed by atoms with Crippen molar-refractivity contribution in [3.63, 3.8) is 0 Å². The number of carbonyl (C=O) groups excluding carboxylic acids is 1. The van der Waals surface area contributed by atoms with Gasteiger partial charge in [-0.25, -0.2) is 4.39 Å². The third-order valence-electron chi connectivity index (χ3n) is 2.63. The van der Waals surface area contributed by atoms with E-state index in [-0.39, 0.29) is 5.78 Å². The van der Waals surface area contributed by atoms with E-state index < -0.39 is 5.82 Å². The smallest absolute Gasteiger partial charge is 0.193 e. The van der Waals surface area contributed by atoms with E-state index in [1.807, 2.05) is 0 Å². The summed E-state index contributed by atoms with van der Waals surface area (Å²) in [5.41, 5.74) is 1.43. The molecule has 0 saturated heterocycles. The quantitative estimate of drug-likeness (QED) is 0.732. The van der Waals surface area contributed by atoms with E-state index in [1.165, 1.54) is 18.2 Å². The zero-order chi connectivity index (χ0) is 13.3. The van der Waals surface area contributed by atoms with E-state index in [0.29, 0.717) is 26.7 Å². The highest BCUT2D eigenvalue weighted by atomic mass is 35.5. The zero-order valence-electron chi connectivity index (χ0n) is 9.51. The summed E-state index contributed by atoms with van der Waals surface area (Å²) < 4.78 is 13.2. The number of halogens is 3. The predicted molar refractivity (Wildman–Crippen MR) is 71.0 cm³/mol. The van der Waals surface area contributed by atoms with Crippen molar-refractivity contribution in [1.29, 1.82) is 0 Å². The predicted octanol–water partition coefficient (Wildman–Crippen LogP) is 4.67. The first-order valence-electron chi connectivity index (χ1n) is 5.25. The van der Waals surface area contributed by atoms with Gasteiger partial charge in [-0.05, 0) is 42.8 Å². The van der Waals surface area contributed by atoms with Crippen LogP contribution in [-0.4, -0.2) is 5.78 Å². The summed E-state index contributed by atoms with van der Waals surface area (Å²) in [6.07, 6.45) is 0. The highest BCUT2D eigenvalue weighted by Crippen LogP contribution is 2.24. The van der Waals surface area contributed by atoms with E-state index >= 15 is 0 Å². The van der Waals surface area contributed by atoms with Crippen LogP contribution in [0.2, 0.25) is 10.0 Å². The van der Waals surface area contributed by atoms with Crippen molar-refractivity contribution in [2.45, 2.75) is 6.92 Å². The Balaban J connectivity index is 2.47. The Labute approximate surface area is 114 Å². The van der Waals surface area contributed by atoms with Gasteiger partial charge < -0.3 is 0 Å². The molecule has 2 aromatic rings. The molecule has 0 aliphatic carbocycles. The molecule has 0 spiro atoms. The Hall–Kier alpha value is -1.38.